The Morgan fingerprint density at radius 2 is 2.00 bits per heavy atom. The SMILES string of the molecule is CC(C)C(C)NS(=O)(=O)c1ccc(CNC2CC2)s1. The number of rotatable bonds is 7. The van der Waals surface area contributed by atoms with Crippen LogP contribution in [-0.2, 0) is 16.6 Å². The van der Waals surface area contributed by atoms with Gasteiger partial charge in [0, 0.05) is 23.5 Å². The van der Waals surface area contributed by atoms with E-state index in [0.717, 1.165) is 11.4 Å². The fourth-order valence-corrected chi connectivity index (χ4v) is 4.28. The fourth-order valence-electron chi connectivity index (χ4n) is 1.57. The third-order valence-electron chi connectivity index (χ3n) is 3.39. The van der Waals surface area contributed by atoms with Crippen LogP contribution in [0.3, 0.4) is 0 Å². The first kappa shape index (κ1) is 15.0. The van der Waals surface area contributed by atoms with Gasteiger partial charge in [-0.05, 0) is 37.8 Å². The van der Waals surface area contributed by atoms with E-state index in [0.29, 0.717) is 10.3 Å². The molecule has 0 aliphatic heterocycles. The van der Waals surface area contributed by atoms with E-state index in [1.807, 2.05) is 26.8 Å². The minimum atomic E-state index is -3.37. The third-order valence-corrected chi connectivity index (χ3v) is 6.52. The molecule has 1 aliphatic rings. The molecule has 2 rings (SSSR count). The van der Waals surface area contributed by atoms with E-state index in [2.05, 4.69) is 10.0 Å². The van der Waals surface area contributed by atoms with Gasteiger partial charge in [-0.1, -0.05) is 13.8 Å². The first-order valence-electron chi connectivity index (χ1n) is 6.73. The van der Waals surface area contributed by atoms with Gasteiger partial charge < -0.3 is 5.32 Å². The smallest absolute Gasteiger partial charge is 0.250 e. The molecule has 19 heavy (non-hydrogen) atoms. The molecular weight excluding hydrogens is 280 g/mol. The van der Waals surface area contributed by atoms with Gasteiger partial charge >= 0.3 is 0 Å². The summed E-state index contributed by atoms with van der Waals surface area (Å²) in [6.07, 6.45) is 2.48. The molecule has 0 saturated heterocycles. The first-order chi connectivity index (χ1) is 8.88. The first-order valence-corrected chi connectivity index (χ1v) is 9.03. The Kier molecular flexibility index (Phi) is 4.66. The lowest BCUT2D eigenvalue weighted by molar-refractivity contribution is 0.477. The second kappa shape index (κ2) is 5.91. The Morgan fingerprint density at radius 1 is 1.32 bits per heavy atom. The zero-order valence-electron chi connectivity index (χ0n) is 11.6. The van der Waals surface area contributed by atoms with Crippen LogP contribution in [0.15, 0.2) is 16.3 Å². The molecule has 0 bridgehead atoms. The highest BCUT2D eigenvalue weighted by molar-refractivity contribution is 7.91. The average molecular weight is 302 g/mol. The van der Waals surface area contributed by atoms with Crippen LogP contribution in [0, 0.1) is 5.92 Å². The second-order valence-corrected chi connectivity index (χ2v) is 8.64. The van der Waals surface area contributed by atoms with Gasteiger partial charge in [0.15, 0.2) is 0 Å². The quantitative estimate of drug-likeness (QED) is 0.812. The summed E-state index contributed by atoms with van der Waals surface area (Å²) in [5, 5.41) is 3.39. The van der Waals surface area contributed by atoms with Crippen molar-refractivity contribution in [3.8, 4) is 0 Å². The lowest BCUT2D eigenvalue weighted by Gasteiger charge is -2.16. The Morgan fingerprint density at radius 3 is 2.58 bits per heavy atom. The Hall–Kier alpha value is -0.430. The minimum Gasteiger partial charge on any atom is -0.309 e. The highest BCUT2D eigenvalue weighted by atomic mass is 32.2. The monoisotopic (exact) mass is 302 g/mol. The molecule has 1 atom stereocenters. The van der Waals surface area contributed by atoms with Crippen molar-refractivity contribution < 1.29 is 8.42 Å². The molecule has 2 N–H and O–H groups in total. The minimum absolute atomic E-state index is 0.0554. The molecule has 108 valence electrons. The molecule has 1 unspecified atom stereocenters. The Bertz CT molecular complexity index is 519. The molecule has 6 heteroatoms. The van der Waals surface area contributed by atoms with E-state index in [1.165, 1.54) is 24.2 Å². The van der Waals surface area contributed by atoms with Crippen LogP contribution in [0.25, 0.3) is 0 Å². The van der Waals surface area contributed by atoms with Gasteiger partial charge in [-0.2, -0.15) is 0 Å². The maximum atomic E-state index is 12.2. The van der Waals surface area contributed by atoms with E-state index in [4.69, 9.17) is 0 Å². The van der Waals surface area contributed by atoms with Crippen molar-refractivity contribution in [2.45, 2.75) is 56.5 Å². The van der Waals surface area contributed by atoms with Gasteiger partial charge in [0.1, 0.15) is 4.21 Å². The topological polar surface area (TPSA) is 58.2 Å². The average Bonchev–Trinajstić information content (AvgIpc) is 3.02. The van der Waals surface area contributed by atoms with Crippen LogP contribution in [-0.4, -0.2) is 20.5 Å². The highest BCUT2D eigenvalue weighted by Crippen LogP contribution is 2.24. The Labute approximate surface area is 119 Å². The van der Waals surface area contributed by atoms with Gasteiger partial charge in [-0.25, -0.2) is 13.1 Å². The van der Waals surface area contributed by atoms with Crippen molar-refractivity contribution in [1.29, 1.82) is 0 Å². The van der Waals surface area contributed by atoms with Crippen molar-refractivity contribution >= 4 is 21.4 Å². The molecule has 1 fully saturated rings. The van der Waals surface area contributed by atoms with Gasteiger partial charge in [0.25, 0.3) is 0 Å². The predicted molar refractivity (Wildman–Crippen MR) is 78.8 cm³/mol. The van der Waals surface area contributed by atoms with Crippen LogP contribution in [0.2, 0.25) is 0 Å². The largest absolute Gasteiger partial charge is 0.309 e. The van der Waals surface area contributed by atoms with Gasteiger partial charge in [0.05, 0.1) is 0 Å². The molecule has 1 aromatic rings. The summed E-state index contributed by atoms with van der Waals surface area (Å²) in [5.41, 5.74) is 0. The van der Waals surface area contributed by atoms with Gasteiger partial charge in [-0.15, -0.1) is 11.3 Å². The summed E-state index contributed by atoms with van der Waals surface area (Å²) < 4.78 is 27.5. The number of thiophene rings is 1. The maximum Gasteiger partial charge on any atom is 0.250 e. The van der Waals surface area contributed by atoms with Crippen molar-refractivity contribution in [2.24, 2.45) is 5.92 Å². The fraction of sp³-hybridized carbons (Fsp3) is 0.692. The third kappa shape index (κ3) is 4.27. The predicted octanol–water partition coefficient (Wildman–Crippen LogP) is 2.32. The molecule has 1 heterocycles. The maximum absolute atomic E-state index is 12.2. The molecular formula is C13H22N2O2S2. The van der Waals surface area contributed by atoms with E-state index in [-0.39, 0.29) is 12.0 Å². The Balaban J connectivity index is 1.99. The van der Waals surface area contributed by atoms with Crippen LogP contribution in [0.5, 0.6) is 0 Å². The second-order valence-electron chi connectivity index (χ2n) is 5.53. The van der Waals surface area contributed by atoms with Crippen LogP contribution in [0.4, 0.5) is 0 Å². The molecule has 4 nitrogen and oxygen atoms in total. The van der Waals surface area contributed by atoms with Gasteiger partial charge in [-0.3, -0.25) is 0 Å². The molecule has 0 aromatic carbocycles. The zero-order valence-corrected chi connectivity index (χ0v) is 13.3. The molecule has 0 radical (unpaired) electrons. The summed E-state index contributed by atoms with van der Waals surface area (Å²) in [4.78, 5) is 1.07. The summed E-state index contributed by atoms with van der Waals surface area (Å²) in [6, 6.07) is 4.18. The van der Waals surface area contributed by atoms with Gasteiger partial charge in [0.2, 0.25) is 10.0 Å². The zero-order chi connectivity index (χ0) is 14.0. The van der Waals surface area contributed by atoms with Crippen molar-refractivity contribution in [2.75, 3.05) is 0 Å². The normalized spacial score (nSPS) is 17.9. The molecule has 0 amide bonds. The van der Waals surface area contributed by atoms with Crippen LogP contribution < -0.4 is 10.0 Å². The van der Waals surface area contributed by atoms with E-state index in [9.17, 15) is 8.42 Å². The summed E-state index contributed by atoms with van der Waals surface area (Å²) in [7, 11) is -3.37. The summed E-state index contributed by atoms with van der Waals surface area (Å²) >= 11 is 1.35. The molecule has 1 aromatic heterocycles. The standard InChI is InChI=1S/C13H22N2O2S2/c1-9(2)10(3)15-19(16,17)13-7-6-12(18-13)8-14-11-4-5-11/h6-7,9-11,14-15H,4-5,8H2,1-3H3. The number of hydrogen-bond donors (Lipinski definition) is 2. The van der Waals surface area contributed by atoms with E-state index < -0.39 is 10.0 Å². The number of nitrogens with one attached hydrogen (secondary N) is 2. The highest BCUT2D eigenvalue weighted by Gasteiger charge is 2.23. The molecule has 0 spiro atoms. The van der Waals surface area contributed by atoms with E-state index in [1.54, 1.807) is 6.07 Å². The van der Waals surface area contributed by atoms with Crippen molar-refractivity contribution in [3.63, 3.8) is 0 Å². The molecule has 1 aliphatic carbocycles. The summed E-state index contributed by atoms with van der Waals surface area (Å²) in [6.45, 7) is 6.68. The molecule has 1 saturated carbocycles. The van der Waals surface area contributed by atoms with Crippen LogP contribution in [0.1, 0.15) is 38.5 Å². The number of hydrogen-bond acceptors (Lipinski definition) is 4. The van der Waals surface area contributed by atoms with Crippen LogP contribution >= 0.6 is 11.3 Å². The van der Waals surface area contributed by atoms with Crippen molar-refractivity contribution in [3.05, 3.63) is 17.0 Å². The lowest BCUT2D eigenvalue weighted by Crippen LogP contribution is -2.35. The lowest BCUT2D eigenvalue weighted by atomic mass is 10.1. The number of sulfonamides is 1. The summed E-state index contributed by atoms with van der Waals surface area (Å²) in [5.74, 6) is 0.283. The van der Waals surface area contributed by atoms with E-state index >= 15 is 0 Å². The van der Waals surface area contributed by atoms with Crippen molar-refractivity contribution in [1.82, 2.24) is 10.0 Å².